The van der Waals surface area contributed by atoms with Crippen molar-refractivity contribution in [1.29, 1.82) is 0 Å². The van der Waals surface area contributed by atoms with Crippen molar-refractivity contribution in [3.05, 3.63) is 22.4 Å². The molecule has 0 fully saturated rings. The van der Waals surface area contributed by atoms with E-state index >= 15 is 0 Å². The second-order valence-corrected chi connectivity index (χ2v) is 4.28. The average molecular weight is 213 g/mol. The molecule has 0 saturated carbocycles. The molecule has 1 aromatic rings. The van der Waals surface area contributed by atoms with Crippen LogP contribution in [0.15, 0.2) is 17.5 Å². The highest BCUT2D eigenvalue weighted by atomic mass is 32.1. The highest BCUT2D eigenvalue weighted by molar-refractivity contribution is 7.09. The average Bonchev–Trinajstić information content (AvgIpc) is 2.65. The van der Waals surface area contributed by atoms with Gasteiger partial charge in [0.15, 0.2) is 0 Å². The predicted molar refractivity (Wildman–Crippen MR) is 57.7 cm³/mol. The predicted octanol–water partition coefficient (Wildman–Crippen LogP) is 1.54. The molecule has 0 unspecified atom stereocenters. The van der Waals surface area contributed by atoms with Crippen LogP contribution in [0.5, 0.6) is 0 Å². The van der Waals surface area contributed by atoms with E-state index in [2.05, 4.69) is 5.43 Å². The van der Waals surface area contributed by atoms with Gasteiger partial charge in [0.25, 0.3) is 0 Å². The number of nitrogens with zero attached hydrogens (tertiary/aromatic N) is 1. The van der Waals surface area contributed by atoms with Crippen molar-refractivity contribution in [3.8, 4) is 0 Å². The van der Waals surface area contributed by atoms with E-state index in [9.17, 15) is 4.79 Å². The fraction of sp³-hybridized carbons (Fsp3) is 0.444. The van der Waals surface area contributed by atoms with E-state index in [0.29, 0.717) is 6.54 Å². The lowest BCUT2D eigenvalue weighted by atomic mass is 10.3. The molecular weight excluding hydrogens is 198 g/mol. The lowest BCUT2D eigenvalue weighted by molar-refractivity contribution is 0.180. The molecule has 0 saturated heterocycles. The summed E-state index contributed by atoms with van der Waals surface area (Å²) in [4.78, 5) is 14.2. The molecule has 1 aromatic heterocycles. The Morgan fingerprint density at radius 2 is 2.43 bits per heavy atom. The van der Waals surface area contributed by atoms with Gasteiger partial charge in [-0.05, 0) is 25.3 Å². The lowest BCUT2D eigenvalue weighted by Crippen LogP contribution is -2.46. The fourth-order valence-electron chi connectivity index (χ4n) is 1.14. The molecule has 0 bridgehead atoms. The van der Waals surface area contributed by atoms with Crippen molar-refractivity contribution in [2.75, 3.05) is 0 Å². The molecule has 0 aliphatic rings. The highest BCUT2D eigenvalue weighted by Gasteiger charge is 2.16. The second-order valence-electron chi connectivity index (χ2n) is 3.25. The molecule has 0 radical (unpaired) electrons. The molecule has 1 rings (SSSR count). The van der Waals surface area contributed by atoms with E-state index in [1.54, 1.807) is 16.2 Å². The Bertz CT molecular complexity index is 284. The standard InChI is InChI=1S/C9H15N3OS/c1-7(2)12(9(13)11-10)6-8-4-3-5-14-8/h3-5,7H,6,10H2,1-2H3,(H,11,13). The summed E-state index contributed by atoms with van der Waals surface area (Å²) in [5, 5.41) is 1.99. The number of amides is 2. The molecule has 14 heavy (non-hydrogen) atoms. The van der Waals surface area contributed by atoms with Crippen LogP contribution in [0.3, 0.4) is 0 Å². The van der Waals surface area contributed by atoms with Crippen LogP contribution in [0.25, 0.3) is 0 Å². The zero-order chi connectivity index (χ0) is 10.6. The number of hydrogen-bond donors (Lipinski definition) is 2. The minimum absolute atomic E-state index is 0.139. The Kier molecular flexibility index (Phi) is 3.91. The van der Waals surface area contributed by atoms with Crippen LogP contribution in [0, 0.1) is 0 Å². The quantitative estimate of drug-likeness (QED) is 0.454. The number of hydrogen-bond acceptors (Lipinski definition) is 3. The molecule has 0 aliphatic carbocycles. The third-order valence-corrected chi connectivity index (χ3v) is 2.78. The summed E-state index contributed by atoms with van der Waals surface area (Å²) in [6, 6.07) is 3.87. The first-order valence-corrected chi connectivity index (χ1v) is 5.32. The van der Waals surface area contributed by atoms with Crippen molar-refractivity contribution >= 4 is 17.4 Å². The molecule has 3 N–H and O–H groups in total. The topological polar surface area (TPSA) is 58.4 Å². The summed E-state index contributed by atoms with van der Waals surface area (Å²) in [5.74, 6) is 5.10. The van der Waals surface area contributed by atoms with E-state index in [1.165, 1.54) is 0 Å². The number of carbonyl (C=O) groups excluding carboxylic acids is 1. The molecule has 0 atom stereocenters. The molecule has 78 valence electrons. The third kappa shape index (κ3) is 2.71. The molecule has 0 aliphatic heterocycles. The minimum atomic E-state index is -0.242. The Morgan fingerprint density at radius 3 is 2.86 bits per heavy atom. The van der Waals surface area contributed by atoms with Gasteiger partial charge in [-0.3, -0.25) is 5.43 Å². The Balaban J connectivity index is 2.65. The number of nitrogens with one attached hydrogen (secondary N) is 1. The Labute approximate surface area is 87.7 Å². The van der Waals surface area contributed by atoms with E-state index in [4.69, 9.17) is 5.84 Å². The van der Waals surface area contributed by atoms with Crippen molar-refractivity contribution in [2.24, 2.45) is 5.84 Å². The number of urea groups is 1. The molecular formula is C9H15N3OS. The fourth-order valence-corrected chi connectivity index (χ4v) is 1.84. The minimum Gasteiger partial charge on any atom is -0.316 e. The summed E-state index contributed by atoms with van der Waals surface area (Å²) in [6.45, 7) is 4.53. The molecule has 1 heterocycles. The maximum Gasteiger partial charge on any atom is 0.332 e. The summed E-state index contributed by atoms with van der Waals surface area (Å²) >= 11 is 1.63. The van der Waals surface area contributed by atoms with E-state index in [-0.39, 0.29) is 12.1 Å². The van der Waals surface area contributed by atoms with Crippen LogP contribution in [0.2, 0.25) is 0 Å². The summed E-state index contributed by atoms with van der Waals surface area (Å²) in [7, 11) is 0. The third-order valence-electron chi connectivity index (χ3n) is 1.91. The van der Waals surface area contributed by atoms with Gasteiger partial charge < -0.3 is 4.90 Å². The van der Waals surface area contributed by atoms with E-state index in [1.807, 2.05) is 31.4 Å². The smallest absolute Gasteiger partial charge is 0.316 e. The van der Waals surface area contributed by atoms with Crippen LogP contribution < -0.4 is 11.3 Å². The Hall–Kier alpha value is -1.07. The molecule has 5 heteroatoms. The van der Waals surface area contributed by atoms with Crippen LogP contribution in [-0.4, -0.2) is 17.0 Å². The first-order chi connectivity index (χ1) is 6.65. The molecule has 2 amide bonds. The molecule has 0 spiro atoms. The summed E-state index contributed by atoms with van der Waals surface area (Å²) in [5.41, 5.74) is 2.15. The SMILES string of the molecule is CC(C)N(Cc1cccs1)C(=O)NN. The van der Waals surface area contributed by atoms with Crippen molar-refractivity contribution < 1.29 is 4.79 Å². The van der Waals surface area contributed by atoms with Gasteiger partial charge in [-0.1, -0.05) is 6.07 Å². The maximum absolute atomic E-state index is 11.4. The number of nitrogens with two attached hydrogens (primary N) is 1. The van der Waals surface area contributed by atoms with Crippen LogP contribution in [0.4, 0.5) is 4.79 Å². The number of thiophene rings is 1. The van der Waals surface area contributed by atoms with Gasteiger partial charge in [0.1, 0.15) is 0 Å². The number of carbonyl (C=O) groups is 1. The molecule has 0 aromatic carbocycles. The van der Waals surface area contributed by atoms with Gasteiger partial charge in [0, 0.05) is 10.9 Å². The monoisotopic (exact) mass is 213 g/mol. The van der Waals surface area contributed by atoms with E-state index in [0.717, 1.165) is 4.88 Å². The van der Waals surface area contributed by atoms with Crippen LogP contribution in [-0.2, 0) is 6.54 Å². The Morgan fingerprint density at radius 1 is 1.71 bits per heavy atom. The van der Waals surface area contributed by atoms with Crippen molar-refractivity contribution in [2.45, 2.75) is 26.4 Å². The molecule has 4 nitrogen and oxygen atoms in total. The normalized spacial score (nSPS) is 10.3. The zero-order valence-corrected chi connectivity index (χ0v) is 9.17. The van der Waals surface area contributed by atoms with E-state index < -0.39 is 0 Å². The lowest BCUT2D eigenvalue weighted by Gasteiger charge is -2.25. The zero-order valence-electron chi connectivity index (χ0n) is 8.36. The number of hydrazine groups is 1. The van der Waals surface area contributed by atoms with Crippen molar-refractivity contribution in [3.63, 3.8) is 0 Å². The van der Waals surface area contributed by atoms with Gasteiger partial charge in [-0.15, -0.1) is 11.3 Å². The largest absolute Gasteiger partial charge is 0.332 e. The first-order valence-electron chi connectivity index (χ1n) is 4.44. The summed E-state index contributed by atoms with van der Waals surface area (Å²) < 4.78 is 0. The van der Waals surface area contributed by atoms with Gasteiger partial charge in [0.2, 0.25) is 0 Å². The highest BCUT2D eigenvalue weighted by Crippen LogP contribution is 2.13. The first kappa shape index (κ1) is 11.0. The van der Waals surface area contributed by atoms with Crippen LogP contribution >= 0.6 is 11.3 Å². The maximum atomic E-state index is 11.4. The second kappa shape index (κ2) is 4.97. The number of rotatable bonds is 3. The van der Waals surface area contributed by atoms with Crippen molar-refractivity contribution in [1.82, 2.24) is 10.3 Å². The van der Waals surface area contributed by atoms with Gasteiger partial charge in [0.05, 0.1) is 6.54 Å². The summed E-state index contributed by atoms with van der Waals surface area (Å²) in [6.07, 6.45) is 0. The van der Waals surface area contributed by atoms with Gasteiger partial charge in [-0.25, -0.2) is 10.6 Å². The van der Waals surface area contributed by atoms with Crippen LogP contribution in [0.1, 0.15) is 18.7 Å². The van der Waals surface area contributed by atoms with Gasteiger partial charge >= 0.3 is 6.03 Å². The van der Waals surface area contributed by atoms with Gasteiger partial charge in [-0.2, -0.15) is 0 Å².